The van der Waals surface area contributed by atoms with Crippen molar-refractivity contribution in [1.82, 2.24) is 0 Å². The van der Waals surface area contributed by atoms with Crippen molar-refractivity contribution in [1.29, 1.82) is 0 Å². The van der Waals surface area contributed by atoms with Crippen LogP contribution in [0.25, 0.3) is 0 Å². The molecule has 2 rings (SSSR count). The third-order valence-electron chi connectivity index (χ3n) is 3.01. The van der Waals surface area contributed by atoms with Crippen LogP contribution in [0.1, 0.15) is 30.4 Å². The number of hydrogen-bond acceptors (Lipinski definition) is 3. The van der Waals surface area contributed by atoms with E-state index >= 15 is 0 Å². The maximum absolute atomic E-state index is 13.1. The molecule has 1 aliphatic carbocycles. The van der Waals surface area contributed by atoms with Gasteiger partial charge in [-0.1, -0.05) is 6.07 Å². The van der Waals surface area contributed by atoms with Crippen molar-refractivity contribution in [2.45, 2.75) is 37.0 Å². The predicted octanol–water partition coefficient (Wildman–Crippen LogP) is 2.84. The average Bonchev–Trinajstić information content (AvgIpc) is 2.87. The zero-order valence-corrected chi connectivity index (χ0v) is 10.9. The molecule has 3 nitrogen and oxygen atoms in total. The number of alkyl halides is 2. The standard InChI is InChI=1S/C12H14F2O3S/c1-3-17-18(15,16)9-5-4-8(2)10(6-9)11-7-12(11,13)14/h4-6,11H,3,7H2,1-2H3. The molecule has 1 saturated carbocycles. The molecule has 1 atom stereocenters. The summed E-state index contributed by atoms with van der Waals surface area (Å²) < 4.78 is 54.1. The molecule has 100 valence electrons. The van der Waals surface area contributed by atoms with Crippen LogP contribution in [0.15, 0.2) is 23.1 Å². The van der Waals surface area contributed by atoms with Gasteiger partial charge in [0.15, 0.2) is 0 Å². The van der Waals surface area contributed by atoms with Crippen molar-refractivity contribution in [3.05, 3.63) is 29.3 Å². The third-order valence-corrected chi connectivity index (χ3v) is 4.39. The third kappa shape index (κ3) is 2.40. The lowest BCUT2D eigenvalue weighted by Crippen LogP contribution is -2.07. The molecule has 0 spiro atoms. The second-order valence-corrected chi connectivity index (χ2v) is 6.01. The molecule has 0 radical (unpaired) electrons. The molecule has 18 heavy (non-hydrogen) atoms. The van der Waals surface area contributed by atoms with Gasteiger partial charge in [-0.3, -0.25) is 4.18 Å². The molecule has 0 aliphatic heterocycles. The van der Waals surface area contributed by atoms with Gasteiger partial charge in [0.05, 0.1) is 17.4 Å². The SMILES string of the molecule is CCOS(=O)(=O)c1ccc(C)c(C2CC2(F)F)c1. The van der Waals surface area contributed by atoms with Crippen molar-refractivity contribution in [2.75, 3.05) is 6.61 Å². The van der Waals surface area contributed by atoms with E-state index in [0.29, 0.717) is 11.1 Å². The fourth-order valence-corrected chi connectivity index (χ4v) is 2.88. The second-order valence-electron chi connectivity index (χ2n) is 4.40. The summed E-state index contributed by atoms with van der Waals surface area (Å²) in [6.45, 7) is 3.27. The first-order valence-corrected chi connectivity index (χ1v) is 7.06. The summed E-state index contributed by atoms with van der Waals surface area (Å²) in [6, 6.07) is 4.21. The molecular formula is C12H14F2O3S. The van der Waals surface area contributed by atoms with Gasteiger partial charge in [-0.15, -0.1) is 0 Å². The highest BCUT2D eigenvalue weighted by Gasteiger charge is 2.58. The molecule has 1 aromatic carbocycles. The lowest BCUT2D eigenvalue weighted by molar-refractivity contribution is 0.112. The summed E-state index contributed by atoms with van der Waals surface area (Å²) in [6.07, 6.45) is -0.216. The summed E-state index contributed by atoms with van der Waals surface area (Å²) in [4.78, 5) is -0.0624. The largest absolute Gasteiger partial charge is 0.296 e. The van der Waals surface area contributed by atoms with Gasteiger partial charge >= 0.3 is 0 Å². The first-order valence-electron chi connectivity index (χ1n) is 5.66. The quantitative estimate of drug-likeness (QED) is 0.794. The average molecular weight is 276 g/mol. The van der Waals surface area contributed by atoms with E-state index in [0.717, 1.165) is 0 Å². The zero-order chi connectivity index (χ0) is 13.6. The van der Waals surface area contributed by atoms with Crippen LogP contribution in [0.4, 0.5) is 8.78 Å². The van der Waals surface area contributed by atoms with Gasteiger partial charge < -0.3 is 0 Å². The van der Waals surface area contributed by atoms with Crippen LogP contribution >= 0.6 is 0 Å². The normalized spacial score (nSPS) is 21.9. The van der Waals surface area contributed by atoms with Crippen molar-refractivity contribution < 1.29 is 21.4 Å². The van der Waals surface area contributed by atoms with E-state index in [4.69, 9.17) is 0 Å². The van der Waals surface area contributed by atoms with Crippen LogP contribution in [0.3, 0.4) is 0 Å². The van der Waals surface area contributed by atoms with E-state index in [1.165, 1.54) is 18.2 Å². The molecular weight excluding hydrogens is 262 g/mol. The van der Waals surface area contributed by atoms with Crippen LogP contribution in [-0.4, -0.2) is 20.9 Å². The Morgan fingerprint density at radius 3 is 2.56 bits per heavy atom. The molecule has 1 aromatic rings. The van der Waals surface area contributed by atoms with Gasteiger partial charge in [0, 0.05) is 6.42 Å². The molecule has 0 saturated heterocycles. The number of halogens is 2. The summed E-state index contributed by atoms with van der Waals surface area (Å²) in [5, 5.41) is 0. The Bertz CT molecular complexity index is 567. The minimum absolute atomic E-state index is 0.0190. The van der Waals surface area contributed by atoms with Crippen molar-refractivity contribution in [3.63, 3.8) is 0 Å². The van der Waals surface area contributed by atoms with Gasteiger partial charge in [-0.2, -0.15) is 8.42 Å². The summed E-state index contributed by atoms with van der Waals surface area (Å²) in [5.41, 5.74) is 1.06. The summed E-state index contributed by atoms with van der Waals surface area (Å²) in [7, 11) is -3.84. The monoisotopic (exact) mass is 276 g/mol. The fourth-order valence-electron chi connectivity index (χ4n) is 1.92. The van der Waals surface area contributed by atoms with Crippen molar-refractivity contribution in [3.8, 4) is 0 Å². The molecule has 0 amide bonds. The molecule has 0 aromatic heterocycles. The van der Waals surface area contributed by atoms with E-state index < -0.39 is 22.0 Å². The highest BCUT2D eigenvalue weighted by Crippen LogP contribution is 2.56. The molecule has 0 heterocycles. The first kappa shape index (κ1) is 13.4. The van der Waals surface area contributed by atoms with Crippen LogP contribution in [0.5, 0.6) is 0 Å². The van der Waals surface area contributed by atoms with Gasteiger partial charge in [0.25, 0.3) is 16.0 Å². The van der Waals surface area contributed by atoms with Crippen LogP contribution in [0.2, 0.25) is 0 Å². The minimum Gasteiger partial charge on any atom is -0.267 e. The van der Waals surface area contributed by atoms with E-state index in [1.807, 2.05) is 0 Å². The topological polar surface area (TPSA) is 43.4 Å². The maximum atomic E-state index is 13.1. The Morgan fingerprint density at radius 1 is 1.44 bits per heavy atom. The predicted molar refractivity (Wildman–Crippen MR) is 62.3 cm³/mol. The molecule has 0 N–H and O–H groups in total. The Morgan fingerprint density at radius 2 is 2.06 bits per heavy atom. The number of hydrogen-bond donors (Lipinski definition) is 0. The summed E-state index contributed by atoms with van der Waals surface area (Å²) >= 11 is 0. The lowest BCUT2D eigenvalue weighted by Gasteiger charge is -2.09. The molecule has 0 bridgehead atoms. The maximum Gasteiger partial charge on any atom is 0.296 e. The van der Waals surface area contributed by atoms with Crippen LogP contribution in [-0.2, 0) is 14.3 Å². The highest BCUT2D eigenvalue weighted by atomic mass is 32.2. The Kier molecular flexibility index (Phi) is 3.19. The second kappa shape index (κ2) is 4.28. The van der Waals surface area contributed by atoms with Gasteiger partial charge in [0.1, 0.15) is 0 Å². The van der Waals surface area contributed by atoms with E-state index in [2.05, 4.69) is 4.18 Å². The van der Waals surface area contributed by atoms with Crippen LogP contribution < -0.4 is 0 Å². The van der Waals surface area contributed by atoms with Gasteiger partial charge in [-0.05, 0) is 37.1 Å². The minimum atomic E-state index is -3.84. The van der Waals surface area contributed by atoms with E-state index in [9.17, 15) is 17.2 Å². The smallest absolute Gasteiger partial charge is 0.267 e. The first-order chi connectivity index (χ1) is 8.28. The zero-order valence-electron chi connectivity index (χ0n) is 10.1. The van der Waals surface area contributed by atoms with Gasteiger partial charge in [-0.25, -0.2) is 8.78 Å². The molecule has 1 fully saturated rings. The van der Waals surface area contributed by atoms with Crippen molar-refractivity contribution in [2.24, 2.45) is 0 Å². The van der Waals surface area contributed by atoms with Crippen molar-refractivity contribution >= 4 is 10.1 Å². The Labute approximate surface area is 105 Å². The number of benzene rings is 1. The number of aryl methyl sites for hydroxylation is 1. The van der Waals surface area contributed by atoms with E-state index in [-0.39, 0.29) is 17.9 Å². The Balaban J connectivity index is 2.39. The fraction of sp³-hybridized carbons (Fsp3) is 0.500. The lowest BCUT2D eigenvalue weighted by atomic mass is 10.0. The van der Waals surface area contributed by atoms with E-state index in [1.54, 1.807) is 13.8 Å². The van der Waals surface area contributed by atoms with Crippen LogP contribution in [0, 0.1) is 6.92 Å². The summed E-state index contributed by atoms with van der Waals surface area (Å²) in [5.74, 6) is -3.58. The highest BCUT2D eigenvalue weighted by molar-refractivity contribution is 7.86. The molecule has 1 aliphatic rings. The Hall–Kier alpha value is -1.01. The molecule has 6 heteroatoms. The molecule has 1 unspecified atom stereocenters. The number of rotatable bonds is 4. The van der Waals surface area contributed by atoms with Gasteiger partial charge in [0.2, 0.25) is 0 Å².